The summed E-state index contributed by atoms with van der Waals surface area (Å²) in [6.45, 7) is 5.68. The highest BCUT2D eigenvalue weighted by Crippen LogP contribution is 2.25. The molecule has 0 atom stereocenters. The maximum atomic E-state index is 12.5. The molecule has 0 heterocycles. The molecule has 0 aliphatic rings. The van der Waals surface area contributed by atoms with Crippen molar-refractivity contribution >= 4 is 22.1 Å². The Balaban J connectivity index is 3.08. The van der Waals surface area contributed by atoms with Gasteiger partial charge in [-0.25, -0.2) is 13.2 Å². The summed E-state index contributed by atoms with van der Waals surface area (Å²) < 4.78 is 26.4. The van der Waals surface area contributed by atoms with Gasteiger partial charge in [0, 0.05) is 18.7 Å². The van der Waals surface area contributed by atoms with Gasteiger partial charge in [-0.1, -0.05) is 19.1 Å². The van der Waals surface area contributed by atoms with Crippen LogP contribution in [0.3, 0.4) is 0 Å². The average molecular weight is 311 g/mol. The summed E-state index contributed by atoms with van der Waals surface area (Å²) in [6, 6.07) is 6.14. The van der Waals surface area contributed by atoms with Crippen LogP contribution in [-0.4, -0.2) is 36.4 Å². The van der Waals surface area contributed by atoms with Crippen molar-refractivity contribution in [3.8, 4) is 0 Å². The first-order valence-electron chi connectivity index (χ1n) is 6.61. The quantitative estimate of drug-likeness (QED) is 0.819. The van der Waals surface area contributed by atoms with Crippen LogP contribution in [0.15, 0.2) is 35.2 Å². The van der Waals surface area contributed by atoms with Crippen molar-refractivity contribution in [1.29, 1.82) is 0 Å². The lowest BCUT2D eigenvalue weighted by Crippen LogP contribution is -2.44. The Labute approximate surface area is 126 Å². The lowest BCUT2D eigenvalue weighted by Gasteiger charge is -2.33. The Kier molecular flexibility index (Phi) is 5.31. The number of carboxylic acid groups (broad SMARTS) is 1. The van der Waals surface area contributed by atoms with Crippen LogP contribution >= 0.6 is 0 Å². The van der Waals surface area contributed by atoms with Gasteiger partial charge in [0.05, 0.1) is 4.90 Å². The van der Waals surface area contributed by atoms with Crippen LogP contribution in [0, 0.1) is 0 Å². The molecule has 0 amide bonds. The largest absolute Gasteiger partial charge is 0.478 e. The minimum Gasteiger partial charge on any atom is -0.478 e. The van der Waals surface area contributed by atoms with E-state index < -0.39 is 21.5 Å². The maximum absolute atomic E-state index is 12.5. The summed E-state index contributed by atoms with van der Waals surface area (Å²) in [6.07, 6.45) is 3.12. The molecule has 1 aromatic carbocycles. The average Bonchev–Trinajstić information content (AvgIpc) is 2.44. The molecule has 0 saturated heterocycles. The molecule has 0 spiro atoms. The first kappa shape index (κ1) is 17.4. The molecule has 0 aliphatic heterocycles. The Bertz CT molecular complexity index is 630. The second-order valence-corrected chi connectivity index (χ2v) is 7.35. The zero-order valence-corrected chi connectivity index (χ0v) is 13.5. The van der Waals surface area contributed by atoms with Crippen molar-refractivity contribution in [2.45, 2.75) is 37.6 Å². The first-order chi connectivity index (χ1) is 9.61. The number of hydrogen-bond donors (Lipinski definition) is 1. The Morgan fingerprint density at radius 2 is 1.81 bits per heavy atom. The van der Waals surface area contributed by atoms with Crippen molar-refractivity contribution in [3.05, 3.63) is 35.9 Å². The highest BCUT2D eigenvalue weighted by atomic mass is 32.2. The summed E-state index contributed by atoms with van der Waals surface area (Å²) in [5.41, 5.74) is 0.162. The third-order valence-corrected chi connectivity index (χ3v) is 5.76. The van der Waals surface area contributed by atoms with E-state index in [1.165, 1.54) is 22.5 Å². The molecular formula is C15H21NO4S. The number of carbonyl (C=O) groups is 1. The lowest BCUT2D eigenvalue weighted by atomic mass is 10.0. The predicted octanol–water partition coefficient (Wildman–Crippen LogP) is 2.59. The van der Waals surface area contributed by atoms with Gasteiger partial charge in [0.25, 0.3) is 0 Å². The van der Waals surface area contributed by atoms with Crippen LogP contribution in [0.1, 0.15) is 32.8 Å². The summed E-state index contributed by atoms with van der Waals surface area (Å²) in [5, 5.41) is 8.56. The van der Waals surface area contributed by atoms with E-state index >= 15 is 0 Å². The second-order valence-electron chi connectivity index (χ2n) is 5.38. The molecule has 5 nitrogen and oxygen atoms in total. The molecule has 0 radical (unpaired) electrons. The number of sulfonamides is 1. The molecule has 0 unspecified atom stereocenters. The van der Waals surface area contributed by atoms with Crippen LogP contribution in [0.5, 0.6) is 0 Å². The van der Waals surface area contributed by atoms with Crippen LogP contribution in [0.4, 0.5) is 0 Å². The van der Waals surface area contributed by atoms with E-state index in [4.69, 9.17) is 5.11 Å². The van der Waals surface area contributed by atoms with Gasteiger partial charge in [0.1, 0.15) is 0 Å². The molecule has 6 heteroatoms. The summed E-state index contributed by atoms with van der Waals surface area (Å²) in [5.74, 6) is -1.05. The zero-order valence-electron chi connectivity index (χ0n) is 12.7. The monoisotopic (exact) mass is 311 g/mol. The van der Waals surface area contributed by atoms with Crippen molar-refractivity contribution < 1.29 is 18.3 Å². The summed E-state index contributed by atoms with van der Waals surface area (Å²) in [7, 11) is -2.00. The number of benzene rings is 1. The number of nitrogens with zero attached hydrogens (tertiary/aromatic N) is 1. The standard InChI is InChI=1S/C15H21NO4S/c1-5-15(2,3)16(4)21(19,20)13-9-6-12(7-10-13)8-11-14(17)18/h6-11H,5H2,1-4H3,(H,17,18). The molecule has 1 rings (SSSR count). The zero-order chi connectivity index (χ0) is 16.3. The number of rotatable bonds is 6. The van der Waals surface area contributed by atoms with Gasteiger partial charge in [0.2, 0.25) is 10.0 Å². The molecule has 116 valence electrons. The molecule has 0 fully saturated rings. The Morgan fingerprint density at radius 1 is 1.29 bits per heavy atom. The molecule has 0 aromatic heterocycles. The third-order valence-electron chi connectivity index (χ3n) is 3.67. The van der Waals surface area contributed by atoms with Gasteiger partial charge in [-0.05, 0) is 44.0 Å². The van der Waals surface area contributed by atoms with Crippen LogP contribution in [0.2, 0.25) is 0 Å². The third kappa shape index (κ3) is 4.15. The fourth-order valence-electron chi connectivity index (χ4n) is 1.62. The van der Waals surface area contributed by atoms with Crippen LogP contribution in [-0.2, 0) is 14.8 Å². The molecule has 1 N–H and O–H groups in total. The van der Waals surface area contributed by atoms with Gasteiger partial charge in [-0.15, -0.1) is 0 Å². The molecule has 21 heavy (non-hydrogen) atoms. The van der Waals surface area contributed by atoms with Gasteiger partial charge >= 0.3 is 5.97 Å². The van der Waals surface area contributed by atoms with Crippen LogP contribution in [0.25, 0.3) is 6.08 Å². The van der Waals surface area contributed by atoms with Gasteiger partial charge in [-0.2, -0.15) is 4.31 Å². The topological polar surface area (TPSA) is 74.7 Å². The summed E-state index contributed by atoms with van der Waals surface area (Å²) >= 11 is 0. The van der Waals surface area contributed by atoms with Crippen LogP contribution < -0.4 is 0 Å². The molecule has 0 saturated carbocycles. The van der Waals surface area contributed by atoms with Gasteiger partial charge < -0.3 is 5.11 Å². The van der Waals surface area contributed by atoms with E-state index in [1.807, 2.05) is 20.8 Å². The molecule has 0 bridgehead atoms. The Hall–Kier alpha value is -1.66. The van der Waals surface area contributed by atoms with E-state index in [0.29, 0.717) is 12.0 Å². The molecule has 1 aromatic rings. The van der Waals surface area contributed by atoms with E-state index in [-0.39, 0.29) is 4.90 Å². The number of hydrogen-bond acceptors (Lipinski definition) is 3. The fraction of sp³-hybridized carbons (Fsp3) is 0.400. The Morgan fingerprint density at radius 3 is 2.24 bits per heavy atom. The van der Waals surface area contributed by atoms with Gasteiger partial charge in [-0.3, -0.25) is 0 Å². The van der Waals surface area contributed by atoms with E-state index in [9.17, 15) is 13.2 Å². The summed E-state index contributed by atoms with van der Waals surface area (Å²) in [4.78, 5) is 10.6. The smallest absolute Gasteiger partial charge is 0.328 e. The minimum absolute atomic E-state index is 0.194. The maximum Gasteiger partial charge on any atom is 0.328 e. The minimum atomic E-state index is -3.56. The van der Waals surface area contributed by atoms with E-state index in [2.05, 4.69) is 0 Å². The highest BCUT2D eigenvalue weighted by molar-refractivity contribution is 7.89. The number of aliphatic carboxylic acids is 1. The normalized spacial score (nSPS) is 13.0. The highest BCUT2D eigenvalue weighted by Gasteiger charge is 2.32. The molecular weight excluding hydrogens is 290 g/mol. The lowest BCUT2D eigenvalue weighted by molar-refractivity contribution is -0.131. The van der Waals surface area contributed by atoms with E-state index in [0.717, 1.165) is 6.08 Å². The van der Waals surface area contributed by atoms with Crippen molar-refractivity contribution in [3.63, 3.8) is 0 Å². The first-order valence-corrected chi connectivity index (χ1v) is 8.05. The fourth-order valence-corrected chi connectivity index (χ4v) is 3.20. The SMILES string of the molecule is CCC(C)(C)N(C)S(=O)(=O)c1ccc(C=CC(=O)O)cc1. The van der Waals surface area contributed by atoms with Crippen molar-refractivity contribution in [1.82, 2.24) is 4.31 Å². The van der Waals surface area contributed by atoms with Gasteiger partial charge in [0.15, 0.2) is 0 Å². The van der Waals surface area contributed by atoms with Crippen molar-refractivity contribution in [2.75, 3.05) is 7.05 Å². The second kappa shape index (κ2) is 6.41. The predicted molar refractivity (Wildman–Crippen MR) is 82.4 cm³/mol. The van der Waals surface area contributed by atoms with Crippen molar-refractivity contribution in [2.24, 2.45) is 0 Å². The molecule has 0 aliphatic carbocycles. The number of carboxylic acids is 1. The van der Waals surface area contributed by atoms with E-state index in [1.54, 1.807) is 19.2 Å².